The van der Waals surface area contributed by atoms with Crippen molar-refractivity contribution in [2.24, 2.45) is 0 Å². The van der Waals surface area contributed by atoms with Crippen LogP contribution >= 0.6 is 0 Å². The highest BCUT2D eigenvalue weighted by atomic mass is 16.1. The molecular weight excluding hydrogens is 246 g/mol. The lowest BCUT2D eigenvalue weighted by atomic mass is 10.0. The van der Waals surface area contributed by atoms with Crippen LogP contribution in [0.5, 0.6) is 0 Å². The maximum absolute atomic E-state index is 12.0. The third kappa shape index (κ3) is 4.23. The Balaban J connectivity index is 1.73. The minimum absolute atomic E-state index is 0.0899. The van der Waals surface area contributed by atoms with Crippen LogP contribution in [0.1, 0.15) is 30.4 Å². The van der Waals surface area contributed by atoms with E-state index in [4.69, 9.17) is 0 Å². The van der Waals surface area contributed by atoms with Crippen LogP contribution in [-0.2, 0) is 11.2 Å². The third-order valence-corrected chi connectivity index (χ3v) is 3.48. The number of nitrogens with one attached hydrogen (secondary N) is 1. The summed E-state index contributed by atoms with van der Waals surface area (Å²) in [7, 11) is 0. The molecule has 104 valence electrons. The summed E-state index contributed by atoms with van der Waals surface area (Å²) in [4.78, 5) is 12.0. The molecule has 0 fully saturated rings. The zero-order chi connectivity index (χ0) is 14.2. The van der Waals surface area contributed by atoms with E-state index in [1.165, 1.54) is 5.56 Å². The zero-order valence-electron chi connectivity index (χ0n) is 11.9. The molecule has 0 aliphatic carbocycles. The van der Waals surface area contributed by atoms with E-state index < -0.39 is 0 Å². The molecule has 2 nitrogen and oxygen atoms in total. The molecule has 1 N–H and O–H groups in total. The van der Waals surface area contributed by atoms with E-state index in [0.29, 0.717) is 0 Å². The van der Waals surface area contributed by atoms with Gasteiger partial charge in [0.1, 0.15) is 0 Å². The summed E-state index contributed by atoms with van der Waals surface area (Å²) in [5.74, 6) is 0.0113. The molecule has 2 rings (SSSR count). The van der Waals surface area contributed by atoms with Crippen molar-refractivity contribution in [2.75, 3.05) is 6.54 Å². The quantitative estimate of drug-likeness (QED) is 0.797. The first-order valence-electron chi connectivity index (χ1n) is 7.14. The normalized spacial score (nSPS) is 11.8. The first-order chi connectivity index (χ1) is 9.77. The van der Waals surface area contributed by atoms with Gasteiger partial charge in [0.15, 0.2) is 0 Å². The summed E-state index contributed by atoms with van der Waals surface area (Å²) in [5.41, 5.74) is 2.38. The van der Waals surface area contributed by atoms with Crippen LogP contribution in [-0.4, -0.2) is 12.5 Å². The van der Waals surface area contributed by atoms with Crippen LogP contribution in [0.15, 0.2) is 60.7 Å². The molecule has 0 aliphatic rings. The van der Waals surface area contributed by atoms with Gasteiger partial charge in [0, 0.05) is 6.54 Å². The van der Waals surface area contributed by atoms with Gasteiger partial charge in [0.05, 0.1) is 5.92 Å². The van der Waals surface area contributed by atoms with Gasteiger partial charge in [-0.05, 0) is 30.9 Å². The SMILES string of the molecule is C[C@H](C(=O)NCCCc1ccccc1)c1ccccc1. The van der Waals surface area contributed by atoms with E-state index in [0.717, 1.165) is 24.9 Å². The molecule has 0 unspecified atom stereocenters. The predicted molar refractivity (Wildman–Crippen MR) is 82.6 cm³/mol. The van der Waals surface area contributed by atoms with Gasteiger partial charge in [-0.3, -0.25) is 4.79 Å². The number of amides is 1. The van der Waals surface area contributed by atoms with E-state index in [1.807, 2.05) is 55.5 Å². The standard InChI is InChI=1S/C18H21NO/c1-15(17-12-6-3-7-13-17)18(20)19-14-8-11-16-9-4-2-5-10-16/h2-7,9-10,12-13,15H,8,11,14H2,1H3,(H,19,20)/t15-/m0/s1. The zero-order valence-corrected chi connectivity index (χ0v) is 11.9. The Hall–Kier alpha value is -2.09. The van der Waals surface area contributed by atoms with E-state index in [2.05, 4.69) is 17.4 Å². The van der Waals surface area contributed by atoms with Crippen LogP contribution in [0.25, 0.3) is 0 Å². The van der Waals surface area contributed by atoms with E-state index in [-0.39, 0.29) is 11.8 Å². The van der Waals surface area contributed by atoms with Crippen LogP contribution in [0.3, 0.4) is 0 Å². The monoisotopic (exact) mass is 267 g/mol. The fourth-order valence-electron chi connectivity index (χ4n) is 2.19. The van der Waals surface area contributed by atoms with Crippen molar-refractivity contribution in [1.82, 2.24) is 5.32 Å². The molecule has 20 heavy (non-hydrogen) atoms. The molecule has 0 heterocycles. The van der Waals surface area contributed by atoms with Gasteiger partial charge in [-0.25, -0.2) is 0 Å². The minimum atomic E-state index is -0.0899. The van der Waals surface area contributed by atoms with Crippen molar-refractivity contribution in [1.29, 1.82) is 0 Å². The fourth-order valence-corrected chi connectivity index (χ4v) is 2.19. The number of carbonyl (C=O) groups is 1. The summed E-state index contributed by atoms with van der Waals surface area (Å²) in [5, 5.41) is 3.01. The third-order valence-electron chi connectivity index (χ3n) is 3.48. The molecule has 1 atom stereocenters. The highest BCUT2D eigenvalue weighted by Gasteiger charge is 2.13. The topological polar surface area (TPSA) is 29.1 Å². The number of carbonyl (C=O) groups excluding carboxylic acids is 1. The fraction of sp³-hybridized carbons (Fsp3) is 0.278. The van der Waals surface area contributed by atoms with Crippen molar-refractivity contribution in [3.05, 3.63) is 71.8 Å². The number of hydrogen-bond acceptors (Lipinski definition) is 1. The molecular formula is C18H21NO. The van der Waals surface area contributed by atoms with Gasteiger partial charge in [-0.15, -0.1) is 0 Å². The van der Waals surface area contributed by atoms with Gasteiger partial charge >= 0.3 is 0 Å². The molecule has 0 bridgehead atoms. The van der Waals surface area contributed by atoms with Gasteiger partial charge < -0.3 is 5.32 Å². The Morgan fingerprint density at radius 1 is 1.00 bits per heavy atom. The van der Waals surface area contributed by atoms with E-state index >= 15 is 0 Å². The van der Waals surface area contributed by atoms with Gasteiger partial charge in [-0.2, -0.15) is 0 Å². The average molecular weight is 267 g/mol. The lowest BCUT2D eigenvalue weighted by Gasteiger charge is -2.12. The second kappa shape index (κ2) is 7.49. The summed E-state index contributed by atoms with van der Waals surface area (Å²) in [6.07, 6.45) is 1.97. The highest BCUT2D eigenvalue weighted by Crippen LogP contribution is 2.14. The van der Waals surface area contributed by atoms with Gasteiger partial charge in [0.25, 0.3) is 0 Å². The van der Waals surface area contributed by atoms with Crippen LogP contribution < -0.4 is 5.32 Å². The highest BCUT2D eigenvalue weighted by molar-refractivity contribution is 5.83. The maximum atomic E-state index is 12.0. The molecule has 0 saturated heterocycles. The van der Waals surface area contributed by atoms with Crippen molar-refractivity contribution >= 4 is 5.91 Å². The Morgan fingerprint density at radius 3 is 2.25 bits per heavy atom. The second-order valence-corrected chi connectivity index (χ2v) is 5.01. The molecule has 2 heteroatoms. The molecule has 0 spiro atoms. The second-order valence-electron chi connectivity index (χ2n) is 5.01. The lowest BCUT2D eigenvalue weighted by molar-refractivity contribution is -0.122. The summed E-state index contributed by atoms with van der Waals surface area (Å²) >= 11 is 0. The van der Waals surface area contributed by atoms with Crippen LogP contribution in [0.4, 0.5) is 0 Å². The molecule has 0 saturated carbocycles. The van der Waals surface area contributed by atoms with Crippen LogP contribution in [0.2, 0.25) is 0 Å². The Morgan fingerprint density at radius 2 is 1.60 bits per heavy atom. The summed E-state index contributed by atoms with van der Waals surface area (Å²) in [6.45, 7) is 2.67. The molecule has 0 radical (unpaired) electrons. The Bertz CT molecular complexity index is 522. The molecule has 0 aromatic heterocycles. The van der Waals surface area contributed by atoms with Gasteiger partial charge in [-0.1, -0.05) is 60.7 Å². The number of benzene rings is 2. The van der Waals surface area contributed by atoms with Gasteiger partial charge in [0.2, 0.25) is 5.91 Å². The first-order valence-corrected chi connectivity index (χ1v) is 7.14. The van der Waals surface area contributed by atoms with Crippen molar-refractivity contribution in [3.8, 4) is 0 Å². The van der Waals surface area contributed by atoms with Crippen molar-refractivity contribution < 1.29 is 4.79 Å². The number of hydrogen-bond donors (Lipinski definition) is 1. The predicted octanol–water partition coefficient (Wildman–Crippen LogP) is 3.54. The summed E-state index contributed by atoms with van der Waals surface area (Å²) in [6, 6.07) is 20.2. The largest absolute Gasteiger partial charge is 0.356 e. The van der Waals surface area contributed by atoms with Crippen LogP contribution in [0, 0.1) is 0 Å². The van der Waals surface area contributed by atoms with Crippen molar-refractivity contribution in [2.45, 2.75) is 25.7 Å². The number of rotatable bonds is 6. The summed E-state index contributed by atoms with van der Waals surface area (Å²) < 4.78 is 0. The lowest BCUT2D eigenvalue weighted by Crippen LogP contribution is -2.29. The molecule has 2 aromatic rings. The minimum Gasteiger partial charge on any atom is -0.356 e. The average Bonchev–Trinajstić information content (AvgIpc) is 2.52. The Labute approximate surface area is 120 Å². The van der Waals surface area contributed by atoms with E-state index in [1.54, 1.807) is 0 Å². The van der Waals surface area contributed by atoms with Crippen molar-refractivity contribution in [3.63, 3.8) is 0 Å². The van der Waals surface area contributed by atoms with E-state index in [9.17, 15) is 4.79 Å². The molecule has 0 aliphatic heterocycles. The Kier molecular flexibility index (Phi) is 5.36. The number of aryl methyl sites for hydroxylation is 1. The molecule has 1 amide bonds. The smallest absolute Gasteiger partial charge is 0.227 e. The first kappa shape index (κ1) is 14.3. The molecule has 2 aromatic carbocycles. The maximum Gasteiger partial charge on any atom is 0.227 e.